The van der Waals surface area contributed by atoms with Crippen molar-refractivity contribution in [3.63, 3.8) is 0 Å². The molecule has 1 aliphatic heterocycles. The van der Waals surface area contributed by atoms with Crippen molar-refractivity contribution in [3.8, 4) is 0 Å². The fourth-order valence-electron chi connectivity index (χ4n) is 4.37. The fourth-order valence-corrected chi connectivity index (χ4v) is 4.37. The molecule has 0 radical (unpaired) electrons. The third kappa shape index (κ3) is 4.15. The number of aromatic nitrogens is 3. The zero-order chi connectivity index (χ0) is 17.2. The number of aryl methyl sites for hydroxylation is 1. The number of rotatable bonds is 6. The highest BCUT2D eigenvalue weighted by atomic mass is 16.2. The van der Waals surface area contributed by atoms with Crippen LogP contribution < -0.4 is 11.0 Å². The number of hydrogen-bond acceptors (Lipinski definition) is 3. The van der Waals surface area contributed by atoms with E-state index in [0.29, 0.717) is 18.9 Å². The molecule has 138 valence electrons. The number of nitrogens with zero attached hydrogens (tertiary/aromatic N) is 3. The Kier molecular flexibility index (Phi) is 4.95. The van der Waals surface area contributed by atoms with Crippen LogP contribution >= 0.6 is 0 Å². The number of amides is 1. The third-order valence-corrected chi connectivity index (χ3v) is 6.16. The molecule has 1 unspecified atom stereocenters. The quantitative estimate of drug-likeness (QED) is 0.859. The van der Waals surface area contributed by atoms with Crippen LogP contribution in [0.25, 0.3) is 0 Å². The van der Waals surface area contributed by atoms with Gasteiger partial charge in [0.05, 0.1) is 0 Å². The van der Waals surface area contributed by atoms with Gasteiger partial charge in [0, 0.05) is 32.0 Å². The van der Waals surface area contributed by atoms with Crippen LogP contribution in [0.1, 0.15) is 70.0 Å². The Morgan fingerprint density at radius 1 is 1.08 bits per heavy atom. The second kappa shape index (κ2) is 7.34. The van der Waals surface area contributed by atoms with Crippen molar-refractivity contribution in [1.29, 1.82) is 0 Å². The van der Waals surface area contributed by atoms with E-state index in [4.69, 9.17) is 0 Å². The zero-order valence-corrected chi connectivity index (χ0v) is 15.1. The van der Waals surface area contributed by atoms with Crippen molar-refractivity contribution in [2.75, 3.05) is 0 Å². The van der Waals surface area contributed by atoms with Gasteiger partial charge in [-0.3, -0.25) is 9.36 Å². The number of nitrogens with one attached hydrogen (secondary N) is 1. The van der Waals surface area contributed by atoms with Gasteiger partial charge in [-0.1, -0.05) is 25.7 Å². The van der Waals surface area contributed by atoms with E-state index in [1.807, 2.05) is 4.57 Å². The van der Waals surface area contributed by atoms with Crippen molar-refractivity contribution >= 4 is 5.91 Å². The minimum Gasteiger partial charge on any atom is -0.353 e. The molecular formula is C19H30N4O2. The Morgan fingerprint density at radius 3 is 2.64 bits per heavy atom. The lowest BCUT2D eigenvalue weighted by Crippen LogP contribution is -2.36. The van der Waals surface area contributed by atoms with Gasteiger partial charge in [-0.05, 0) is 43.9 Å². The summed E-state index contributed by atoms with van der Waals surface area (Å²) in [5, 5.41) is 7.74. The van der Waals surface area contributed by atoms with Crippen LogP contribution in [0.15, 0.2) is 4.79 Å². The molecule has 6 nitrogen and oxygen atoms in total. The molecule has 2 saturated carbocycles. The van der Waals surface area contributed by atoms with E-state index in [0.717, 1.165) is 44.0 Å². The second-order valence-electron chi connectivity index (χ2n) is 8.26. The number of hydrogen-bond donors (Lipinski definition) is 1. The van der Waals surface area contributed by atoms with Gasteiger partial charge in [0.25, 0.3) is 0 Å². The highest BCUT2D eigenvalue weighted by Gasteiger charge is 2.26. The van der Waals surface area contributed by atoms with E-state index in [1.54, 1.807) is 4.68 Å². The Labute approximate surface area is 149 Å². The number of carbonyl (C=O) groups is 1. The molecule has 6 heteroatoms. The van der Waals surface area contributed by atoms with Crippen molar-refractivity contribution in [3.05, 3.63) is 16.3 Å². The molecule has 1 atom stereocenters. The Bertz CT molecular complexity index is 667. The standard InChI is InChI=1S/C19H30N4O2/c24-18(10-7-14-3-1-2-4-14)20-16-8-9-17-21-23(13-15-5-6-15)19(25)22(17)12-11-16/h14-16H,1-13H2,(H,20,24). The first-order chi connectivity index (χ1) is 12.2. The smallest absolute Gasteiger partial charge is 0.345 e. The first kappa shape index (κ1) is 16.9. The van der Waals surface area contributed by atoms with Crippen molar-refractivity contribution in [2.24, 2.45) is 11.8 Å². The van der Waals surface area contributed by atoms with Crippen molar-refractivity contribution in [2.45, 2.75) is 89.8 Å². The zero-order valence-electron chi connectivity index (χ0n) is 15.1. The molecule has 1 N–H and O–H groups in total. The first-order valence-electron chi connectivity index (χ1n) is 10.1. The summed E-state index contributed by atoms with van der Waals surface area (Å²) in [5.41, 5.74) is 0.0371. The van der Waals surface area contributed by atoms with Crippen LogP contribution in [0, 0.1) is 11.8 Å². The molecule has 25 heavy (non-hydrogen) atoms. The van der Waals surface area contributed by atoms with Gasteiger partial charge < -0.3 is 5.32 Å². The van der Waals surface area contributed by atoms with Crippen LogP contribution in [0.3, 0.4) is 0 Å². The maximum Gasteiger partial charge on any atom is 0.345 e. The van der Waals surface area contributed by atoms with Crippen LogP contribution in [0.5, 0.6) is 0 Å². The molecule has 0 bridgehead atoms. The largest absolute Gasteiger partial charge is 0.353 e. The summed E-state index contributed by atoms with van der Waals surface area (Å²) >= 11 is 0. The predicted molar refractivity (Wildman–Crippen MR) is 95.3 cm³/mol. The first-order valence-corrected chi connectivity index (χ1v) is 10.1. The maximum atomic E-state index is 12.5. The van der Waals surface area contributed by atoms with E-state index in [9.17, 15) is 9.59 Å². The van der Waals surface area contributed by atoms with Gasteiger partial charge in [-0.2, -0.15) is 5.10 Å². The lowest BCUT2D eigenvalue weighted by Gasteiger charge is -2.17. The van der Waals surface area contributed by atoms with Crippen molar-refractivity contribution in [1.82, 2.24) is 19.7 Å². The van der Waals surface area contributed by atoms with Gasteiger partial charge in [0.15, 0.2) is 0 Å². The average Bonchev–Trinajstić information content (AvgIpc) is 3.22. The maximum absolute atomic E-state index is 12.5. The SMILES string of the molecule is O=C(CCC1CCCC1)NC1CCc2nn(CC3CC3)c(=O)n2CC1. The van der Waals surface area contributed by atoms with Gasteiger partial charge in [0.1, 0.15) is 5.82 Å². The van der Waals surface area contributed by atoms with E-state index in [-0.39, 0.29) is 17.6 Å². The van der Waals surface area contributed by atoms with Gasteiger partial charge >= 0.3 is 5.69 Å². The number of fused-ring (bicyclic) bond motifs is 1. The molecule has 2 heterocycles. The van der Waals surface area contributed by atoms with Crippen LogP contribution in [-0.2, 0) is 24.3 Å². The van der Waals surface area contributed by atoms with Gasteiger partial charge in [0.2, 0.25) is 5.91 Å². The van der Waals surface area contributed by atoms with Gasteiger partial charge in [-0.15, -0.1) is 0 Å². The molecular weight excluding hydrogens is 316 g/mol. The summed E-state index contributed by atoms with van der Waals surface area (Å²) in [6.07, 6.45) is 11.9. The number of carbonyl (C=O) groups excluding carboxylic acids is 1. The molecule has 4 rings (SSSR count). The molecule has 1 aromatic heterocycles. The highest BCUT2D eigenvalue weighted by Crippen LogP contribution is 2.30. The minimum absolute atomic E-state index is 0.0371. The minimum atomic E-state index is 0.0371. The molecule has 2 fully saturated rings. The summed E-state index contributed by atoms with van der Waals surface area (Å²) in [6.45, 7) is 1.45. The molecule has 1 amide bonds. The monoisotopic (exact) mass is 346 g/mol. The lowest BCUT2D eigenvalue weighted by molar-refractivity contribution is -0.122. The van der Waals surface area contributed by atoms with E-state index < -0.39 is 0 Å². The molecule has 1 aromatic rings. The van der Waals surface area contributed by atoms with E-state index in [2.05, 4.69) is 10.4 Å². The summed E-state index contributed by atoms with van der Waals surface area (Å²) in [5.74, 6) is 2.49. The second-order valence-corrected chi connectivity index (χ2v) is 8.26. The molecule has 3 aliphatic rings. The average molecular weight is 346 g/mol. The molecule has 0 saturated heterocycles. The molecule has 0 spiro atoms. The Morgan fingerprint density at radius 2 is 1.88 bits per heavy atom. The highest BCUT2D eigenvalue weighted by molar-refractivity contribution is 5.76. The van der Waals surface area contributed by atoms with Crippen molar-refractivity contribution < 1.29 is 4.79 Å². The van der Waals surface area contributed by atoms with Gasteiger partial charge in [-0.25, -0.2) is 9.48 Å². The predicted octanol–water partition coefficient (Wildman–Crippen LogP) is 2.25. The van der Waals surface area contributed by atoms with Crippen LogP contribution in [0.4, 0.5) is 0 Å². The summed E-state index contributed by atoms with van der Waals surface area (Å²) in [7, 11) is 0. The Hall–Kier alpha value is -1.59. The fraction of sp³-hybridized carbons (Fsp3) is 0.842. The van der Waals surface area contributed by atoms with Crippen LogP contribution in [0.2, 0.25) is 0 Å². The molecule has 0 aromatic carbocycles. The summed E-state index contributed by atoms with van der Waals surface area (Å²) in [4.78, 5) is 24.7. The Balaban J connectivity index is 1.28. The summed E-state index contributed by atoms with van der Waals surface area (Å²) in [6, 6.07) is 0.175. The van der Waals surface area contributed by atoms with E-state index in [1.165, 1.54) is 38.5 Å². The van der Waals surface area contributed by atoms with E-state index >= 15 is 0 Å². The topological polar surface area (TPSA) is 68.9 Å². The summed E-state index contributed by atoms with van der Waals surface area (Å²) < 4.78 is 3.49. The third-order valence-electron chi connectivity index (χ3n) is 6.16. The van der Waals surface area contributed by atoms with Crippen LogP contribution in [-0.4, -0.2) is 26.3 Å². The normalized spacial score (nSPS) is 24.1. The molecule has 2 aliphatic carbocycles. The lowest BCUT2D eigenvalue weighted by atomic mass is 10.0.